The van der Waals surface area contributed by atoms with Gasteiger partial charge in [0.2, 0.25) is 5.13 Å². The number of hydrogen-bond donors (Lipinski definition) is 1. The zero-order valence-electron chi connectivity index (χ0n) is 16.6. The molecule has 2 heterocycles. The molecule has 5 rings (SSSR count). The zero-order chi connectivity index (χ0) is 21.0. The van der Waals surface area contributed by atoms with Gasteiger partial charge in [-0.25, -0.2) is 4.98 Å². The molecule has 31 heavy (non-hydrogen) atoms. The second-order valence-corrected chi connectivity index (χ2v) is 8.42. The third kappa shape index (κ3) is 4.38. The van der Waals surface area contributed by atoms with E-state index in [0.29, 0.717) is 5.02 Å². The summed E-state index contributed by atoms with van der Waals surface area (Å²) in [5.74, 6) is 0. The number of fused-ring (bicyclic) bond motifs is 1. The fraction of sp³-hybridized carbons (Fsp3) is 0.0400. The molecule has 5 aromatic rings. The van der Waals surface area contributed by atoms with Crippen LogP contribution in [0.25, 0.3) is 22.2 Å². The molecule has 6 heteroatoms. The number of thiazole rings is 1. The van der Waals surface area contributed by atoms with E-state index in [1.54, 1.807) is 0 Å². The molecule has 0 bridgehead atoms. The van der Waals surface area contributed by atoms with E-state index in [0.717, 1.165) is 28.5 Å². The van der Waals surface area contributed by atoms with E-state index >= 15 is 0 Å². The predicted molar refractivity (Wildman–Crippen MR) is 131 cm³/mol. The van der Waals surface area contributed by atoms with Crippen molar-refractivity contribution < 1.29 is 0 Å². The van der Waals surface area contributed by atoms with Crippen LogP contribution in [0, 0.1) is 0 Å². The van der Waals surface area contributed by atoms with Crippen LogP contribution in [0.1, 0.15) is 11.1 Å². The Morgan fingerprint density at radius 3 is 2.58 bits per heavy atom. The maximum atomic E-state index is 5.97. The molecule has 0 aliphatic rings. The van der Waals surface area contributed by atoms with Crippen LogP contribution in [0.2, 0.25) is 5.02 Å². The van der Waals surface area contributed by atoms with Gasteiger partial charge in [0.05, 0.1) is 11.9 Å². The van der Waals surface area contributed by atoms with Crippen LogP contribution >= 0.6 is 22.9 Å². The molecule has 0 amide bonds. The van der Waals surface area contributed by atoms with Crippen molar-refractivity contribution in [3.05, 3.63) is 107 Å². The van der Waals surface area contributed by atoms with E-state index in [-0.39, 0.29) is 0 Å². The summed E-state index contributed by atoms with van der Waals surface area (Å²) in [6, 6.07) is 26.5. The van der Waals surface area contributed by atoms with E-state index in [1.807, 2.05) is 41.9 Å². The van der Waals surface area contributed by atoms with E-state index in [2.05, 4.69) is 74.8 Å². The molecule has 0 spiro atoms. The van der Waals surface area contributed by atoms with Gasteiger partial charge in [0.1, 0.15) is 0 Å². The number of hydrogen-bond acceptors (Lipinski definition) is 4. The quantitative estimate of drug-likeness (QED) is 0.229. The Morgan fingerprint density at radius 2 is 1.74 bits per heavy atom. The first-order valence-electron chi connectivity index (χ1n) is 9.88. The molecule has 0 radical (unpaired) electrons. The van der Waals surface area contributed by atoms with Gasteiger partial charge in [-0.15, -0.1) is 11.3 Å². The third-order valence-electron chi connectivity index (χ3n) is 5.02. The Bertz CT molecular complexity index is 1340. The zero-order valence-corrected chi connectivity index (χ0v) is 18.1. The lowest BCUT2D eigenvalue weighted by molar-refractivity contribution is 0.836. The highest BCUT2D eigenvalue weighted by Gasteiger charge is 2.08. The summed E-state index contributed by atoms with van der Waals surface area (Å²) in [5.41, 5.74) is 8.51. The van der Waals surface area contributed by atoms with Gasteiger partial charge >= 0.3 is 0 Å². The molecule has 0 fully saturated rings. The van der Waals surface area contributed by atoms with Crippen molar-refractivity contribution in [1.29, 1.82) is 0 Å². The number of rotatable bonds is 6. The highest BCUT2D eigenvalue weighted by Crippen LogP contribution is 2.26. The molecule has 2 aromatic heterocycles. The van der Waals surface area contributed by atoms with E-state index in [4.69, 9.17) is 11.6 Å². The minimum atomic E-state index is 0.716. The number of nitrogens with one attached hydrogen (secondary N) is 1. The van der Waals surface area contributed by atoms with Crippen molar-refractivity contribution in [2.75, 3.05) is 5.43 Å². The molecule has 0 saturated heterocycles. The van der Waals surface area contributed by atoms with Crippen LogP contribution in [0.15, 0.2) is 95.5 Å². The van der Waals surface area contributed by atoms with Gasteiger partial charge in [-0.2, -0.15) is 5.10 Å². The number of hydrazone groups is 1. The van der Waals surface area contributed by atoms with Crippen LogP contribution in [0.4, 0.5) is 5.13 Å². The Morgan fingerprint density at radius 1 is 0.968 bits per heavy atom. The van der Waals surface area contributed by atoms with Crippen molar-refractivity contribution in [3.63, 3.8) is 0 Å². The largest absolute Gasteiger partial charge is 0.342 e. The molecular weight excluding hydrogens is 424 g/mol. The Kier molecular flexibility index (Phi) is 5.52. The number of benzene rings is 3. The first kappa shape index (κ1) is 19.5. The van der Waals surface area contributed by atoms with Crippen molar-refractivity contribution >= 4 is 45.2 Å². The molecule has 4 nitrogen and oxygen atoms in total. The van der Waals surface area contributed by atoms with Gasteiger partial charge in [0.15, 0.2) is 0 Å². The average Bonchev–Trinajstić information content (AvgIpc) is 3.41. The summed E-state index contributed by atoms with van der Waals surface area (Å²) in [6.07, 6.45) is 4.00. The van der Waals surface area contributed by atoms with Gasteiger partial charge < -0.3 is 4.57 Å². The minimum absolute atomic E-state index is 0.716. The summed E-state index contributed by atoms with van der Waals surface area (Å²) < 4.78 is 2.26. The normalized spacial score (nSPS) is 11.4. The minimum Gasteiger partial charge on any atom is -0.342 e. The number of para-hydroxylation sites is 1. The highest BCUT2D eigenvalue weighted by molar-refractivity contribution is 7.14. The fourth-order valence-corrected chi connectivity index (χ4v) is 4.32. The molecule has 0 saturated carbocycles. The molecule has 0 unspecified atom stereocenters. The lowest BCUT2D eigenvalue weighted by Gasteiger charge is -2.05. The maximum Gasteiger partial charge on any atom is 0.203 e. The van der Waals surface area contributed by atoms with Crippen LogP contribution in [0.5, 0.6) is 0 Å². The van der Waals surface area contributed by atoms with Gasteiger partial charge in [0, 0.05) is 45.2 Å². The SMILES string of the molecule is Clc1ccc(-c2csc(N/N=C/c3cn(Cc4ccccc4)c4ccccc34)n2)cc1. The van der Waals surface area contributed by atoms with E-state index < -0.39 is 0 Å². The molecule has 152 valence electrons. The lowest BCUT2D eigenvalue weighted by Crippen LogP contribution is -1.97. The summed E-state index contributed by atoms with van der Waals surface area (Å²) in [5, 5.41) is 9.08. The fourth-order valence-electron chi connectivity index (χ4n) is 3.52. The summed E-state index contributed by atoms with van der Waals surface area (Å²) in [4.78, 5) is 4.61. The molecule has 3 aromatic carbocycles. The molecule has 1 N–H and O–H groups in total. The summed E-state index contributed by atoms with van der Waals surface area (Å²) >= 11 is 7.49. The number of nitrogens with zero attached hydrogens (tertiary/aromatic N) is 3. The highest BCUT2D eigenvalue weighted by atomic mass is 35.5. The van der Waals surface area contributed by atoms with Crippen molar-refractivity contribution in [1.82, 2.24) is 9.55 Å². The monoisotopic (exact) mass is 442 g/mol. The number of halogens is 1. The topological polar surface area (TPSA) is 42.2 Å². The predicted octanol–water partition coefficient (Wildman–Crippen LogP) is 6.91. The standard InChI is InChI=1S/C25H19ClN4S/c26-21-12-10-19(11-13-21)23-17-31-25(28-23)29-27-14-20-16-30(15-18-6-2-1-3-7-18)24-9-5-4-8-22(20)24/h1-14,16-17H,15H2,(H,28,29)/b27-14+. The Hall–Kier alpha value is -3.41. The molecular formula is C25H19ClN4S. The first-order valence-corrected chi connectivity index (χ1v) is 11.1. The van der Waals surface area contributed by atoms with Crippen LogP contribution in [-0.4, -0.2) is 15.8 Å². The van der Waals surface area contributed by atoms with E-state index in [9.17, 15) is 0 Å². The van der Waals surface area contributed by atoms with Crippen LogP contribution in [0.3, 0.4) is 0 Å². The smallest absolute Gasteiger partial charge is 0.203 e. The van der Waals surface area contributed by atoms with Crippen LogP contribution < -0.4 is 5.43 Å². The van der Waals surface area contributed by atoms with Gasteiger partial charge in [-0.05, 0) is 23.8 Å². The van der Waals surface area contributed by atoms with E-state index in [1.165, 1.54) is 27.8 Å². The Balaban J connectivity index is 1.35. The van der Waals surface area contributed by atoms with Gasteiger partial charge in [-0.1, -0.05) is 72.3 Å². The summed E-state index contributed by atoms with van der Waals surface area (Å²) in [7, 11) is 0. The van der Waals surface area contributed by atoms with Crippen molar-refractivity contribution in [3.8, 4) is 11.3 Å². The first-order chi connectivity index (χ1) is 15.3. The maximum absolute atomic E-state index is 5.97. The second-order valence-electron chi connectivity index (χ2n) is 7.13. The molecule has 0 atom stereocenters. The second kappa shape index (κ2) is 8.76. The average molecular weight is 443 g/mol. The van der Waals surface area contributed by atoms with Crippen molar-refractivity contribution in [2.24, 2.45) is 5.10 Å². The van der Waals surface area contributed by atoms with Crippen LogP contribution in [-0.2, 0) is 6.54 Å². The number of anilines is 1. The van der Waals surface area contributed by atoms with Gasteiger partial charge in [-0.3, -0.25) is 5.43 Å². The molecule has 0 aliphatic heterocycles. The van der Waals surface area contributed by atoms with Crippen molar-refractivity contribution in [2.45, 2.75) is 6.54 Å². The number of aromatic nitrogens is 2. The molecule has 0 aliphatic carbocycles. The summed E-state index contributed by atoms with van der Waals surface area (Å²) in [6.45, 7) is 0.819. The Labute approximate surface area is 189 Å². The van der Waals surface area contributed by atoms with Gasteiger partial charge in [0.25, 0.3) is 0 Å². The lowest BCUT2D eigenvalue weighted by atomic mass is 10.2. The third-order valence-corrected chi connectivity index (χ3v) is 6.02.